The first-order valence-corrected chi connectivity index (χ1v) is 13.5. The number of carbonyl (C=O) groups is 1. The van der Waals surface area contributed by atoms with Crippen LogP contribution in [0.3, 0.4) is 0 Å². The van der Waals surface area contributed by atoms with Crippen LogP contribution in [-0.4, -0.2) is 44.3 Å². The predicted octanol–water partition coefficient (Wildman–Crippen LogP) is 4.72. The van der Waals surface area contributed by atoms with E-state index in [0.29, 0.717) is 18.9 Å². The Hall–Kier alpha value is -2.82. The minimum absolute atomic E-state index is 0.135. The molecule has 196 valence electrons. The average molecular weight is 529 g/mol. The highest BCUT2D eigenvalue weighted by molar-refractivity contribution is 7.90. The van der Waals surface area contributed by atoms with Crippen LogP contribution in [0.1, 0.15) is 45.1 Å². The zero-order valence-electron chi connectivity index (χ0n) is 20.1. The summed E-state index contributed by atoms with van der Waals surface area (Å²) in [7, 11) is -3.29. The Bertz CT molecular complexity index is 1230. The van der Waals surface area contributed by atoms with Crippen molar-refractivity contribution >= 4 is 21.4 Å². The Balaban J connectivity index is 1.43. The largest absolute Gasteiger partial charge is 0.477 e. The second kappa shape index (κ2) is 9.24. The van der Waals surface area contributed by atoms with Crippen LogP contribution in [0.2, 0.25) is 0 Å². The van der Waals surface area contributed by atoms with Crippen molar-refractivity contribution in [1.29, 1.82) is 0 Å². The molecule has 0 radical (unpaired) electrons. The number of alkyl halides is 3. The summed E-state index contributed by atoms with van der Waals surface area (Å²) in [5, 5.41) is 2.93. The number of ether oxygens (including phenoxy) is 1. The van der Waals surface area contributed by atoms with Gasteiger partial charge in [0.15, 0.2) is 15.4 Å². The number of anilines is 1. The lowest BCUT2D eigenvalue weighted by Crippen LogP contribution is -2.55. The van der Waals surface area contributed by atoms with Crippen LogP contribution >= 0.6 is 0 Å². The molecule has 0 spiro atoms. The third-order valence-corrected chi connectivity index (χ3v) is 7.92. The van der Waals surface area contributed by atoms with Gasteiger partial charge in [-0.05, 0) is 82.0 Å². The first-order valence-electron chi connectivity index (χ1n) is 11.6. The third kappa shape index (κ3) is 5.45. The van der Waals surface area contributed by atoms with Crippen molar-refractivity contribution in [1.82, 2.24) is 5.32 Å². The Morgan fingerprint density at radius 1 is 1.03 bits per heavy atom. The van der Waals surface area contributed by atoms with E-state index < -0.39 is 44.7 Å². The molecule has 1 N–H and O–H groups in total. The molecule has 0 aromatic heterocycles. The van der Waals surface area contributed by atoms with Gasteiger partial charge in [-0.15, -0.1) is 0 Å². The van der Waals surface area contributed by atoms with Crippen molar-refractivity contribution in [3.63, 3.8) is 0 Å². The highest BCUT2D eigenvalue weighted by atomic mass is 32.2. The highest BCUT2D eigenvalue weighted by Crippen LogP contribution is 2.40. The van der Waals surface area contributed by atoms with E-state index in [2.05, 4.69) is 10.2 Å². The first-order chi connectivity index (χ1) is 16.6. The molecule has 2 unspecified atom stereocenters. The van der Waals surface area contributed by atoms with E-state index in [-0.39, 0.29) is 23.0 Å². The van der Waals surface area contributed by atoms with E-state index >= 15 is 0 Å². The molecule has 2 aromatic carbocycles. The van der Waals surface area contributed by atoms with Crippen molar-refractivity contribution in [2.24, 2.45) is 0 Å². The minimum atomic E-state index is -4.84. The molecule has 4 rings (SSSR count). The molecule has 0 aliphatic carbocycles. The molecule has 2 aromatic rings. The van der Waals surface area contributed by atoms with Crippen molar-refractivity contribution in [2.45, 2.75) is 74.3 Å². The first kappa shape index (κ1) is 26.2. The Labute approximate surface area is 207 Å². The van der Waals surface area contributed by atoms with Crippen LogP contribution < -0.4 is 15.0 Å². The van der Waals surface area contributed by atoms with Gasteiger partial charge in [-0.2, -0.15) is 13.2 Å². The second-order valence-electron chi connectivity index (χ2n) is 9.95. The number of carbonyl (C=O) groups excluding carboxylic acids is 1. The number of benzene rings is 2. The molecule has 2 fully saturated rings. The van der Waals surface area contributed by atoms with E-state index in [9.17, 15) is 30.8 Å². The summed E-state index contributed by atoms with van der Waals surface area (Å²) in [5.41, 5.74) is -1.99. The van der Waals surface area contributed by atoms with E-state index in [0.717, 1.165) is 36.9 Å². The fourth-order valence-electron chi connectivity index (χ4n) is 5.08. The van der Waals surface area contributed by atoms with Crippen molar-refractivity contribution in [3.8, 4) is 5.75 Å². The third-order valence-electron chi connectivity index (χ3n) is 6.79. The topological polar surface area (TPSA) is 75.7 Å². The summed E-state index contributed by atoms with van der Waals surface area (Å²) in [6.45, 7) is 2.75. The number of fused-ring (bicyclic) bond motifs is 2. The molecule has 2 bridgehead atoms. The summed E-state index contributed by atoms with van der Waals surface area (Å²) in [4.78, 5) is 15.5. The maximum absolute atomic E-state index is 13.4. The number of halogens is 4. The SMILES string of the molecule is CC(C)(Oc1ccc(F)cc1C(F)(F)F)C(=O)NC1CC2CCC(C1)N2c1ccc(S(C)(=O)=O)cc1. The molecular weight excluding hydrogens is 500 g/mol. The zero-order chi connectivity index (χ0) is 26.5. The molecule has 2 aliphatic heterocycles. The molecule has 36 heavy (non-hydrogen) atoms. The second-order valence-corrected chi connectivity index (χ2v) is 12.0. The van der Waals surface area contributed by atoms with Gasteiger partial charge < -0.3 is 15.0 Å². The Kier molecular flexibility index (Phi) is 6.74. The van der Waals surface area contributed by atoms with E-state index in [1.165, 1.54) is 13.8 Å². The van der Waals surface area contributed by atoms with Gasteiger partial charge in [0.1, 0.15) is 17.1 Å². The fourth-order valence-corrected chi connectivity index (χ4v) is 5.71. The normalized spacial score (nSPS) is 22.4. The van der Waals surface area contributed by atoms with E-state index in [1.54, 1.807) is 24.3 Å². The maximum atomic E-state index is 13.4. The number of hydrogen-bond donors (Lipinski definition) is 1. The summed E-state index contributed by atoms with van der Waals surface area (Å²) in [6, 6.07) is 8.91. The number of hydrogen-bond acceptors (Lipinski definition) is 5. The van der Waals surface area contributed by atoms with E-state index in [1.807, 2.05) is 0 Å². The quantitative estimate of drug-likeness (QED) is 0.549. The molecule has 11 heteroatoms. The lowest BCUT2D eigenvalue weighted by Gasteiger charge is -2.41. The number of sulfone groups is 1. The lowest BCUT2D eigenvalue weighted by atomic mass is 9.95. The van der Waals surface area contributed by atoms with Gasteiger partial charge in [-0.25, -0.2) is 12.8 Å². The number of rotatable bonds is 6. The molecular formula is C25H28F4N2O4S. The lowest BCUT2D eigenvalue weighted by molar-refractivity contribution is -0.144. The number of nitrogens with one attached hydrogen (secondary N) is 1. The molecule has 2 aliphatic rings. The van der Waals surface area contributed by atoms with Crippen LogP contribution in [0.25, 0.3) is 0 Å². The minimum Gasteiger partial charge on any atom is -0.477 e. The van der Waals surface area contributed by atoms with Gasteiger partial charge in [0.2, 0.25) is 0 Å². The predicted molar refractivity (Wildman–Crippen MR) is 126 cm³/mol. The van der Waals surface area contributed by atoms with Crippen molar-refractivity contribution in [2.75, 3.05) is 11.2 Å². The molecule has 1 amide bonds. The fraction of sp³-hybridized carbons (Fsp3) is 0.480. The molecule has 2 heterocycles. The average Bonchev–Trinajstić information content (AvgIpc) is 3.04. The molecule has 2 saturated heterocycles. The zero-order valence-corrected chi connectivity index (χ0v) is 20.9. The van der Waals surface area contributed by atoms with Gasteiger partial charge in [-0.3, -0.25) is 4.79 Å². The van der Waals surface area contributed by atoms with Crippen molar-refractivity contribution in [3.05, 3.63) is 53.8 Å². The molecule has 0 saturated carbocycles. The van der Waals surface area contributed by atoms with Gasteiger partial charge in [-0.1, -0.05) is 0 Å². The van der Waals surface area contributed by atoms with Crippen LogP contribution in [0.15, 0.2) is 47.4 Å². The van der Waals surface area contributed by atoms with Crippen LogP contribution in [0.5, 0.6) is 5.75 Å². The molecule has 2 atom stereocenters. The summed E-state index contributed by atoms with van der Waals surface area (Å²) in [5.74, 6) is -2.23. The Morgan fingerprint density at radius 3 is 2.14 bits per heavy atom. The standard InChI is InChI=1S/C25H28F4N2O4S/c1-24(2,35-22-11-4-15(26)12-21(22)25(27,28)29)23(32)30-16-13-18-5-6-19(14-16)31(18)17-7-9-20(10-8-17)36(3,33)34/h4,7-12,16,18-19H,5-6,13-14H2,1-3H3,(H,30,32). The summed E-state index contributed by atoms with van der Waals surface area (Å²) >= 11 is 0. The summed E-state index contributed by atoms with van der Waals surface area (Å²) in [6.07, 6.45) is -0.585. The number of amides is 1. The van der Waals surface area contributed by atoms with Gasteiger partial charge >= 0.3 is 6.18 Å². The van der Waals surface area contributed by atoms with Gasteiger partial charge in [0, 0.05) is 30.1 Å². The van der Waals surface area contributed by atoms with Gasteiger partial charge in [0.05, 0.1) is 4.90 Å². The number of piperidine rings is 1. The summed E-state index contributed by atoms with van der Waals surface area (Å²) < 4.78 is 82.4. The van der Waals surface area contributed by atoms with Crippen LogP contribution in [-0.2, 0) is 20.8 Å². The van der Waals surface area contributed by atoms with Crippen LogP contribution in [0.4, 0.5) is 23.2 Å². The van der Waals surface area contributed by atoms with Gasteiger partial charge in [0.25, 0.3) is 5.91 Å². The molecule has 6 nitrogen and oxygen atoms in total. The smallest absolute Gasteiger partial charge is 0.420 e. The van der Waals surface area contributed by atoms with Crippen LogP contribution in [0, 0.1) is 5.82 Å². The number of nitrogens with zero attached hydrogens (tertiary/aromatic N) is 1. The monoisotopic (exact) mass is 528 g/mol. The van der Waals surface area contributed by atoms with E-state index in [4.69, 9.17) is 4.74 Å². The highest BCUT2D eigenvalue weighted by Gasteiger charge is 2.43. The maximum Gasteiger partial charge on any atom is 0.420 e. The van der Waals surface area contributed by atoms with Crippen molar-refractivity contribution < 1.29 is 35.5 Å². The Morgan fingerprint density at radius 2 is 1.61 bits per heavy atom.